The van der Waals surface area contributed by atoms with Crippen molar-refractivity contribution in [2.45, 2.75) is 109 Å². The average molecular weight is 369 g/mol. The normalized spacial score (nSPS) is 29.0. The molecule has 2 fully saturated rings. The minimum atomic E-state index is 0.352. The van der Waals surface area contributed by atoms with Gasteiger partial charge in [-0.25, -0.2) is 0 Å². The van der Waals surface area contributed by atoms with E-state index in [1.165, 1.54) is 75.3 Å². The van der Waals surface area contributed by atoms with Crippen LogP contribution < -0.4 is 0 Å². The minimum Gasteiger partial charge on any atom is -0.299 e. The number of carbonyl (C=O) groups excluding carboxylic acids is 1. The molecule has 1 heteroatoms. The van der Waals surface area contributed by atoms with Crippen molar-refractivity contribution in [1.82, 2.24) is 0 Å². The van der Waals surface area contributed by atoms with Crippen LogP contribution in [0.5, 0.6) is 0 Å². The summed E-state index contributed by atoms with van der Waals surface area (Å²) in [4.78, 5) is 12.6. The Balaban J connectivity index is 1.50. The van der Waals surface area contributed by atoms with Crippen molar-refractivity contribution in [2.75, 3.05) is 0 Å². The zero-order valence-electron chi connectivity index (χ0n) is 17.7. The van der Waals surface area contributed by atoms with Crippen LogP contribution in [0.4, 0.5) is 0 Å². The van der Waals surface area contributed by atoms with Crippen LogP contribution in [-0.4, -0.2) is 5.78 Å². The summed E-state index contributed by atoms with van der Waals surface area (Å²) < 4.78 is 0. The zero-order valence-corrected chi connectivity index (χ0v) is 17.7. The van der Waals surface area contributed by atoms with Gasteiger partial charge in [0.2, 0.25) is 0 Å². The quantitative estimate of drug-likeness (QED) is 0.428. The van der Waals surface area contributed by atoms with Crippen LogP contribution in [0.3, 0.4) is 0 Å². The maximum absolute atomic E-state index is 12.6. The Morgan fingerprint density at radius 2 is 1.37 bits per heavy atom. The first kappa shape index (κ1) is 20.6. The summed E-state index contributed by atoms with van der Waals surface area (Å²) >= 11 is 0. The third kappa shape index (κ3) is 5.69. The van der Waals surface area contributed by atoms with Gasteiger partial charge in [-0.05, 0) is 73.8 Å². The highest BCUT2D eigenvalue weighted by Crippen LogP contribution is 2.39. The third-order valence-electron chi connectivity index (χ3n) is 7.35. The lowest BCUT2D eigenvalue weighted by Gasteiger charge is -2.30. The molecule has 150 valence electrons. The van der Waals surface area contributed by atoms with Crippen LogP contribution in [-0.2, 0) is 4.79 Å². The molecule has 0 aromatic heterocycles. The topological polar surface area (TPSA) is 17.1 Å². The van der Waals surface area contributed by atoms with Crippen LogP contribution in [0.1, 0.15) is 120 Å². The largest absolute Gasteiger partial charge is 0.299 e. The van der Waals surface area contributed by atoms with Gasteiger partial charge in [-0.3, -0.25) is 4.79 Å². The SMILES string of the molecule is CCCCC[C@@H]1CC[C@@H](c2ccc([C@H]3CC[C@H](CCC)CC3)cc2)CC1=O. The molecule has 1 aromatic rings. The molecule has 2 atom stereocenters. The third-order valence-corrected chi connectivity index (χ3v) is 7.35. The Morgan fingerprint density at radius 3 is 1.96 bits per heavy atom. The minimum absolute atomic E-state index is 0.352. The lowest BCUT2D eigenvalue weighted by molar-refractivity contribution is -0.125. The molecule has 27 heavy (non-hydrogen) atoms. The molecule has 1 aromatic carbocycles. The van der Waals surface area contributed by atoms with Crippen LogP contribution in [0.15, 0.2) is 24.3 Å². The summed E-state index contributed by atoms with van der Waals surface area (Å²) in [7, 11) is 0. The van der Waals surface area contributed by atoms with Gasteiger partial charge in [-0.15, -0.1) is 0 Å². The highest BCUT2D eigenvalue weighted by molar-refractivity contribution is 5.82. The van der Waals surface area contributed by atoms with Gasteiger partial charge in [-0.1, -0.05) is 70.2 Å². The van der Waals surface area contributed by atoms with E-state index in [2.05, 4.69) is 38.1 Å². The Bertz CT molecular complexity index is 564. The van der Waals surface area contributed by atoms with Crippen molar-refractivity contribution >= 4 is 5.78 Å². The van der Waals surface area contributed by atoms with Crippen molar-refractivity contribution in [2.24, 2.45) is 11.8 Å². The Labute approximate surface area is 167 Å². The van der Waals surface area contributed by atoms with Gasteiger partial charge >= 0.3 is 0 Å². The Kier molecular flexibility index (Phi) is 7.97. The molecule has 1 nitrogen and oxygen atoms in total. The molecule has 0 heterocycles. The summed E-state index contributed by atoms with van der Waals surface area (Å²) in [6.45, 7) is 4.55. The van der Waals surface area contributed by atoms with E-state index in [0.717, 1.165) is 31.1 Å². The van der Waals surface area contributed by atoms with Crippen molar-refractivity contribution in [1.29, 1.82) is 0 Å². The fourth-order valence-corrected chi connectivity index (χ4v) is 5.54. The molecule has 2 aliphatic carbocycles. The fourth-order valence-electron chi connectivity index (χ4n) is 5.54. The Morgan fingerprint density at radius 1 is 0.741 bits per heavy atom. The number of hydrogen-bond acceptors (Lipinski definition) is 1. The maximum atomic E-state index is 12.6. The van der Waals surface area contributed by atoms with E-state index in [0.29, 0.717) is 17.6 Å². The van der Waals surface area contributed by atoms with Gasteiger partial charge in [0.05, 0.1) is 0 Å². The first-order chi connectivity index (χ1) is 13.2. The monoisotopic (exact) mass is 368 g/mol. The summed E-state index contributed by atoms with van der Waals surface area (Å²) in [6.07, 6.45) is 16.3. The van der Waals surface area contributed by atoms with E-state index in [1.54, 1.807) is 0 Å². The van der Waals surface area contributed by atoms with E-state index < -0.39 is 0 Å². The first-order valence-electron chi connectivity index (χ1n) is 11.8. The predicted molar refractivity (Wildman–Crippen MR) is 115 cm³/mol. The summed E-state index contributed by atoms with van der Waals surface area (Å²) in [6, 6.07) is 9.42. The molecule has 3 rings (SSSR count). The molecule has 0 spiro atoms. The summed E-state index contributed by atoms with van der Waals surface area (Å²) in [5.74, 6) is 3.09. The van der Waals surface area contributed by atoms with Gasteiger partial charge < -0.3 is 0 Å². The molecule has 0 radical (unpaired) electrons. The molecule has 0 unspecified atom stereocenters. The predicted octanol–water partition coefficient (Wildman–Crippen LogP) is 7.79. The second kappa shape index (κ2) is 10.4. The van der Waals surface area contributed by atoms with Crippen molar-refractivity contribution in [3.63, 3.8) is 0 Å². The van der Waals surface area contributed by atoms with Crippen LogP contribution in [0.25, 0.3) is 0 Å². The second-order valence-corrected chi connectivity index (χ2v) is 9.31. The first-order valence-corrected chi connectivity index (χ1v) is 11.8. The molecule has 0 bridgehead atoms. The maximum Gasteiger partial charge on any atom is 0.136 e. The van der Waals surface area contributed by atoms with Crippen LogP contribution in [0.2, 0.25) is 0 Å². The molecular formula is C26H40O. The van der Waals surface area contributed by atoms with E-state index in [4.69, 9.17) is 0 Å². The van der Waals surface area contributed by atoms with E-state index in [-0.39, 0.29) is 0 Å². The standard InChI is InChI=1S/C26H40O/c1-3-5-6-8-24-17-18-25(19-26(24)27)23-15-13-22(14-16-23)21-11-9-20(7-4-2)10-12-21/h13-16,20-21,24-25H,3-12,17-19H2,1-2H3/t20-,21-,24-,25-/m1/s1. The lowest BCUT2D eigenvalue weighted by Crippen LogP contribution is -2.24. The van der Waals surface area contributed by atoms with Gasteiger partial charge in [0, 0.05) is 12.3 Å². The summed E-state index contributed by atoms with van der Waals surface area (Å²) in [5.41, 5.74) is 2.94. The van der Waals surface area contributed by atoms with Crippen molar-refractivity contribution in [3.05, 3.63) is 35.4 Å². The molecular weight excluding hydrogens is 328 g/mol. The Hall–Kier alpha value is -1.11. The smallest absolute Gasteiger partial charge is 0.136 e. The van der Waals surface area contributed by atoms with E-state index in [1.807, 2.05) is 0 Å². The molecule has 0 amide bonds. The molecule has 0 aliphatic heterocycles. The highest BCUT2D eigenvalue weighted by atomic mass is 16.1. The van der Waals surface area contributed by atoms with E-state index in [9.17, 15) is 4.79 Å². The molecule has 0 N–H and O–H groups in total. The van der Waals surface area contributed by atoms with Crippen LogP contribution in [0, 0.1) is 11.8 Å². The fraction of sp³-hybridized carbons (Fsp3) is 0.731. The lowest BCUT2D eigenvalue weighted by atomic mass is 9.75. The number of carbonyl (C=O) groups is 1. The second-order valence-electron chi connectivity index (χ2n) is 9.31. The van der Waals surface area contributed by atoms with Crippen LogP contribution >= 0.6 is 0 Å². The van der Waals surface area contributed by atoms with Crippen molar-refractivity contribution < 1.29 is 4.79 Å². The number of rotatable bonds is 8. The molecule has 2 saturated carbocycles. The van der Waals surface area contributed by atoms with E-state index >= 15 is 0 Å². The number of ketones is 1. The molecule has 2 aliphatic rings. The van der Waals surface area contributed by atoms with Gasteiger partial charge in [0.1, 0.15) is 5.78 Å². The number of hydrogen-bond donors (Lipinski definition) is 0. The number of benzene rings is 1. The van der Waals surface area contributed by atoms with Gasteiger partial charge in [0.15, 0.2) is 0 Å². The molecule has 0 saturated heterocycles. The average Bonchev–Trinajstić information content (AvgIpc) is 2.70. The number of unbranched alkanes of at least 4 members (excludes halogenated alkanes) is 2. The van der Waals surface area contributed by atoms with Crippen molar-refractivity contribution in [3.8, 4) is 0 Å². The van der Waals surface area contributed by atoms with Gasteiger partial charge in [-0.2, -0.15) is 0 Å². The van der Waals surface area contributed by atoms with Gasteiger partial charge in [0.25, 0.3) is 0 Å². The number of Topliss-reactive ketones (excluding diaryl/α,β-unsaturated/α-hetero) is 1. The summed E-state index contributed by atoms with van der Waals surface area (Å²) in [5, 5.41) is 0. The zero-order chi connectivity index (χ0) is 19.1. The highest BCUT2D eigenvalue weighted by Gasteiger charge is 2.29.